The summed E-state index contributed by atoms with van der Waals surface area (Å²) in [6.45, 7) is 3.74. The third-order valence-corrected chi connectivity index (χ3v) is 2.10. The SMILES string of the molecule is C=C(N)c1c(C)cc(NCC(F)(F)F)cc1F. The van der Waals surface area contributed by atoms with Crippen LogP contribution in [0.25, 0.3) is 5.70 Å². The smallest absolute Gasteiger partial charge is 0.399 e. The number of alkyl halides is 3. The van der Waals surface area contributed by atoms with Gasteiger partial charge in [-0.3, -0.25) is 0 Å². The first kappa shape index (κ1) is 13.3. The van der Waals surface area contributed by atoms with Gasteiger partial charge in [0.15, 0.2) is 0 Å². The number of benzene rings is 1. The lowest BCUT2D eigenvalue weighted by Crippen LogP contribution is -2.21. The van der Waals surface area contributed by atoms with Gasteiger partial charge in [-0.25, -0.2) is 4.39 Å². The first-order valence-corrected chi connectivity index (χ1v) is 4.76. The summed E-state index contributed by atoms with van der Waals surface area (Å²) in [5, 5.41) is 2.10. The van der Waals surface area contributed by atoms with Crippen LogP contribution in [-0.4, -0.2) is 12.7 Å². The number of hydrogen-bond acceptors (Lipinski definition) is 2. The number of rotatable bonds is 3. The van der Waals surface area contributed by atoms with Gasteiger partial charge in [-0.2, -0.15) is 13.2 Å². The maximum Gasteiger partial charge on any atom is 0.405 e. The zero-order valence-electron chi connectivity index (χ0n) is 9.16. The van der Waals surface area contributed by atoms with Crippen molar-refractivity contribution in [3.63, 3.8) is 0 Å². The second-order valence-electron chi connectivity index (χ2n) is 3.64. The van der Waals surface area contributed by atoms with Crippen molar-refractivity contribution in [2.45, 2.75) is 13.1 Å². The van der Waals surface area contributed by atoms with Crippen molar-refractivity contribution in [2.75, 3.05) is 11.9 Å². The molecule has 0 saturated heterocycles. The molecule has 1 aromatic carbocycles. The predicted octanol–water partition coefficient (Wildman–Crippen LogP) is 3.04. The highest BCUT2D eigenvalue weighted by Crippen LogP contribution is 2.24. The highest BCUT2D eigenvalue weighted by molar-refractivity contribution is 5.67. The van der Waals surface area contributed by atoms with E-state index in [2.05, 4.69) is 11.9 Å². The number of hydrogen-bond donors (Lipinski definition) is 2. The molecule has 1 rings (SSSR count). The van der Waals surface area contributed by atoms with E-state index in [1.165, 1.54) is 6.07 Å². The van der Waals surface area contributed by atoms with Crippen LogP contribution in [0.3, 0.4) is 0 Å². The van der Waals surface area contributed by atoms with Crippen LogP contribution in [0.4, 0.5) is 23.2 Å². The number of nitrogens with two attached hydrogens (primary N) is 1. The van der Waals surface area contributed by atoms with Gasteiger partial charge >= 0.3 is 6.18 Å². The molecule has 0 saturated carbocycles. The second kappa shape index (κ2) is 4.65. The highest BCUT2D eigenvalue weighted by atomic mass is 19.4. The Morgan fingerprint density at radius 1 is 1.41 bits per heavy atom. The van der Waals surface area contributed by atoms with Crippen molar-refractivity contribution >= 4 is 11.4 Å². The van der Waals surface area contributed by atoms with E-state index in [-0.39, 0.29) is 16.9 Å². The summed E-state index contributed by atoms with van der Waals surface area (Å²) >= 11 is 0. The minimum atomic E-state index is -4.35. The summed E-state index contributed by atoms with van der Waals surface area (Å²) < 4.78 is 49.4. The fraction of sp³-hybridized carbons (Fsp3) is 0.273. The van der Waals surface area contributed by atoms with E-state index in [9.17, 15) is 17.6 Å². The van der Waals surface area contributed by atoms with Crippen molar-refractivity contribution < 1.29 is 17.6 Å². The van der Waals surface area contributed by atoms with Crippen LogP contribution in [0.5, 0.6) is 0 Å². The molecule has 0 spiro atoms. The molecule has 0 unspecified atom stereocenters. The van der Waals surface area contributed by atoms with Crippen molar-refractivity contribution in [1.82, 2.24) is 0 Å². The molecule has 0 fully saturated rings. The molecule has 0 bridgehead atoms. The molecule has 0 amide bonds. The minimum absolute atomic E-state index is 0.0439. The molecule has 2 nitrogen and oxygen atoms in total. The Hall–Kier alpha value is -1.72. The van der Waals surface area contributed by atoms with Gasteiger partial charge in [-0.15, -0.1) is 0 Å². The molecule has 0 heterocycles. The largest absolute Gasteiger partial charge is 0.405 e. The fourth-order valence-electron chi connectivity index (χ4n) is 1.46. The van der Waals surface area contributed by atoms with Gasteiger partial charge in [-0.1, -0.05) is 6.58 Å². The molecule has 0 atom stereocenters. The van der Waals surface area contributed by atoms with Gasteiger partial charge < -0.3 is 11.1 Å². The molecule has 17 heavy (non-hydrogen) atoms. The van der Waals surface area contributed by atoms with Crippen LogP contribution in [0.2, 0.25) is 0 Å². The minimum Gasteiger partial charge on any atom is -0.399 e. The topological polar surface area (TPSA) is 38.0 Å². The number of aryl methyl sites for hydroxylation is 1. The van der Waals surface area contributed by atoms with E-state index in [1.54, 1.807) is 6.92 Å². The molecule has 0 aliphatic rings. The Labute approximate surface area is 96.1 Å². The molecule has 1 aromatic rings. The van der Waals surface area contributed by atoms with Crippen LogP contribution < -0.4 is 11.1 Å². The predicted molar refractivity (Wildman–Crippen MR) is 58.9 cm³/mol. The molecule has 0 radical (unpaired) electrons. The van der Waals surface area contributed by atoms with Gasteiger partial charge in [-0.05, 0) is 24.6 Å². The summed E-state index contributed by atoms with van der Waals surface area (Å²) in [6.07, 6.45) is -4.35. The summed E-state index contributed by atoms with van der Waals surface area (Å²) in [4.78, 5) is 0. The maximum absolute atomic E-state index is 13.5. The Bertz CT molecular complexity index is 415. The molecule has 94 valence electrons. The lowest BCUT2D eigenvalue weighted by Gasteiger charge is -2.13. The molecule has 0 aromatic heterocycles. The quantitative estimate of drug-likeness (QED) is 0.807. The molecule has 0 aliphatic carbocycles. The Kier molecular flexibility index (Phi) is 3.65. The highest BCUT2D eigenvalue weighted by Gasteiger charge is 2.26. The first-order valence-electron chi connectivity index (χ1n) is 4.76. The maximum atomic E-state index is 13.5. The monoisotopic (exact) mass is 248 g/mol. The van der Waals surface area contributed by atoms with Crippen LogP contribution in [0.15, 0.2) is 18.7 Å². The van der Waals surface area contributed by atoms with E-state index >= 15 is 0 Å². The normalized spacial score (nSPS) is 11.4. The van der Waals surface area contributed by atoms with Crippen molar-refractivity contribution in [3.8, 4) is 0 Å². The molecule has 0 aliphatic heterocycles. The van der Waals surface area contributed by atoms with Gasteiger partial charge in [0, 0.05) is 16.9 Å². The van der Waals surface area contributed by atoms with E-state index in [0.29, 0.717) is 5.56 Å². The van der Waals surface area contributed by atoms with E-state index < -0.39 is 18.5 Å². The number of nitrogens with one attached hydrogen (secondary N) is 1. The van der Waals surface area contributed by atoms with Gasteiger partial charge in [0.05, 0.1) is 0 Å². The summed E-state index contributed by atoms with van der Waals surface area (Å²) in [7, 11) is 0. The second-order valence-corrected chi connectivity index (χ2v) is 3.64. The third-order valence-electron chi connectivity index (χ3n) is 2.10. The summed E-state index contributed by atoms with van der Waals surface area (Å²) in [6, 6.07) is 2.36. The van der Waals surface area contributed by atoms with Crippen molar-refractivity contribution in [1.29, 1.82) is 0 Å². The van der Waals surface area contributed by atoms with E-state index in [1.807, 2.05) is 0 Å². The number of halogens is 4. The van der Waals surface area contributed by atoms with Gasteiger partial charge in [0.2, 0.25) is 0 Å². The summed E-state index contributed by atoms with van der Waals surface area (Å²) in [5.74, 6) is -0.692. The van der Waals surface area contributed by atoms with E-state index in [0.717, 1.165) is 6.07 Å². The van der Waals surface area contributed by atoms with Crippen molar-refractivity contribution in [3.05, 3.63) is 35.7 Å². The van der Waals surface area contributed by atoms with Crippen LogP contribution in [-0.2, 0) is 0 Å². The average molecular weight is 248 g/mol. The summed E-state index contributed by atoms with van der Waals surface area (Å²) in [5.41, 5.74) is 6.04. The zero-order chi connectivity index (χ0) is 13.2. The Balaban J connectivity index is 2.95. The number of anilines is 1. The Morgan fingerprint density at radius 2 is 2.00 bits per heavy atom. The first-order chi connectivity index (χ1) is 7.70. The molecular formula is C11H12F4N2. The standard InChI is InChI=1S/C11H12F4N2/c1-6-3-8(17-5-11(13,14)15)4-9(12)10(6)7(2)16/h3-4,17H,2,5,16H2,1H3. The lowest BCUT2D eigenvalue weighted by molar-refractivity contribution is -0.115. The van der Waals surface area contributed by atoms with Crippen LogP contribution >= 0.6 is 0 Å². The molecule has 3 N–H and O–H groups in total. The van der Waals surface area contributed by atoms with E-state index in [4.69, 9.17) is 5.73 Å². The lowest BCUT2D eigenvalue weighted by atomic mass is 10.0. The van der Waals surface area contributed by atoms with Crippen LogP contribution in [0, 0.1) is 12.7 Å². The molecule has 6 heteroatoms. The fourth-order valence-corrected chi connectivity index (χ4v) is 1.46. The van der Waals surface area contributed by atoms with Crippen LogP contribution in [0.1, 0.15) is 11.1 Å². The average Bonchev–Trinajstić information content (AvgIpc) is 2.11. The van der Waals surface area contributed by atoms with Crippen molar-refractivity contribution in [2.24, 2.45) is 5.73 Å². The zero-order valence-corrected chi connectivity index (χ0v) is 9.16. The Morgan fingerprint density at radius 3 is 2.41 bits per heavy atom. The molecular weight excluding hydrogens is 236 g/mol. The van der Waals surface area contributed by atoms with Gasteiger partial charge in [0.25, 0.3) is 0 Å². The van der Waals surface area contributed by atoms with Gasteiger partial charge in [0.1, 0.15) is 12.4 Å². The third kappa shape index (κ3) is 3.65.